The molecule has 0 spiro atoms. The van der Waals surface area contributed by atoms with Gasteiger partial charge in [0.2, 0.25) is 0 Å². The van der Waals surface area contributed by atoms with Crippen molar-refractivity contribution in [2.45, 2.75) is 13.0 Å². The van der Waals surface area contributed by atoms with Crippen molar-refractivity contribution in [3.05, 3.63) is 58.3 Å². The van der Waals surface area contributed by atoms with Gasteiger partial charge in [-0.2, -0.15) is 11.3 Å². The zero-order valence-corrected chi connectivity index (χ0v) is 14.8. The Balaban J connectivity index is 1.63. The van der Waals surface area contributed by atoms with E-state index >= 15 is 0 Å². The van der Waals surface area contributed by atoms with Gasteiger partial charge in [0, 0.05) is 31.1 Å². The minimum Gasteiger partial charge on any atom is -0.456 e. The third kappa shape index (κ3) is 6.39. The lowest BCUT2D eigenvalue weighted by molar-refractivity contribution is -0.151. The molecule has 0 unspecified atom stereocenters. The maximum absolute atomic E-state index is 12.0. The van der Waals surface area contributed by atoms with Crippen LogP contribution in [-0.2, 0) is 20.9 Å². The fourth-order valence-electron chi connectivity index (χ4n) is 2.04. The minimum absolute atomic E-state index is 0.0194. The zero-order chi connectivity index (χ0) is 18.1. The van der Waals surface area contributed by atoms with E-state index in [1.165, 1.54) is 16.2 Å². The van der Waals surface area contributed by atoms with Crippen molar-refractivity contribution in [2.75, 3.05) is 20.2 Å². The van der Waals surface area contributed by atoms with Crippen molar-refractivity contribution in [1.82, 2.24) is 10.2 Å². The Hall–Kier alpha value is -2.67. The van der Waals surface area contributed by atoms with Gasteiger partial charge in [0.25, 0.3) is 11.8 Å². The highest BCUT2D eigenvalue weighted by atomic mass is 32.1. The van der Waals surface area contributed by atoms with Gasteiger partial charge in [-0.1, -0.05) is 30.3 Å². The molecule has 1 N–H and O–H groups in total. The highest BCUT2D eigenvalue weighted by Crippen LogP contribution is 2.05. The van der Waals surface area contributed by atoms with E-state index < -0.39 is 5.97 Å². The number of thiophene rings is 1. The minimum atomic E-state index is -0.521. The van der Waals surface area contributed by atoms with Gasteiger partial charge in [0.15, 0.2) is 6.61 Å². The third-order valence-electron chi connectivity index (χ3n) is 3.44. The van der Waals surface area contributed by atoms with Crippen LogP contribution in [0, 0.1) is 0 Å². The average molecular weight is 360 g/mol. The highest BCUT2D eigenvalue weighted by Gasteiger charge is 2.13. The van der Waals surface area contributed by atoms with Crippen LogP contribution in [0.2, 0.25) is 0 Å². The maximum Gasteiger partial charge on any atom is 0.308 e. The first-order valence-corrected chi connectivity index (χ1v) is 8.74. The summed E-state index contributed by atoms with van der Waals surface area (Å²) in [5, 5.41) is 6.17. The SMILES string of the molecule is CN(Cc1ccccc1)C(=O)COC(=O)CCNC(=O)c1ccsc1. The summed E-state index contributed by atoms with van der Waals surface area (Å²) in [7, 11) is 1.66. The summed E-state index contributed by atoms with van der Waals surface area (Å²) in [5.74, 6) is -1.03. The first-order chi connectivity index (χ1) is 12.1. The number of hydrogen-bond donors (Lipinski definition) is 1. The number of nitrogens with zero attached hydrogens (tertiary/aromatic N) is 1. The van der Waals surface area contributed by atoms with E-state index in [2.05, 4.69) is 5.32 Å². The molecule has 1 aromatic heterocycles. The normalized spacial score (nSPS) is 10.1. The van der Waals surface area contributed by atoms with E-state index in [0.29, 0.717) is 12.1 Å². The van der Waals surface area contributed by atoms with Crippen LogP contribution in [0.4, 0.5) is 0 Å². The monoisotopic (exact) mass is 360 g/mol. The van der Waals surface area contributed by atoms with Gasteiger partial charge in [-0.15, -0.1) is 0 Å². The third-order valence-corrected chi connectivity index (χ3v) is 4.13. The molecular formula is C18H20N2O4S. The van der Waals surface area contributed by atoms with Gasteiger partial charge >= 0.3 is 5.97 Å². The summed E-state index contributed by atoms with van der Waals surface area (Å²) in [6.07, 6.45) is 0.0194. The van der Waals surface area contributed by atoms with Crippen molar-refractivity contribution < 1.29 is 19.1 Å². The van der Waals surface area contributed by atoms with Gasteiger partial charge in [-0.3, -0.25) is 14.4 Å². The van der Waals surface area contributed by atoms with Crippen LogP contribution in [0.15, 0.2) is 47.2 Å². The van der Waals surface area contributed by atoms with Crippen molar-refractivity contribution in [3.63, 3.8) is 0 Å². The zero-order valence-electron chi connectivity index (χ0n) is 13.9. The second-order valence-electron chi connectivity index (χ2n) is 5.41. The molecule has 0 aliphatic carbocycles. The van der Waals surface area contributed by atoms with E-state index in [0.717, 1.165) is 5.56 Å². The number of rotatable bonds is 8. The van der Waals surface area contributed by atoms with E-state index in [-0.39, 0.29) is 31.4 Å². The summed E-state index contributed by atoms with van der Waals surface area (Å²) in [4.78, 5) is 36.8. The molecule has 25 heavy (non-hydrogen) atoms. The number of amides is 2. The number of nitrogens with one attached hydrogen (secondary N) is 1. The van der Waals surface area contributed by atoms with Crippen LogP contribution >= 0.6 is 11.3 Å². The molecule has 2 rings (SSSR count). The largest absolute Gasteiger partial charge is 0.456 e. The molecule has 0 aliphatic rings. The predicted molar refractivity (Wildman–Crippen MR) is 95.1 cm³/mol. The summed E-state index contributed by atoms with van der Waals surface area (Å²) in [6, 6.07) is 11.3. The highest BCUT2D eigenvalue weighted by molar-refractivity contribution is 7.08. The molecule has 0 atom stereocenters. The van der Waals surface area contributed by atoms with Crippen LogP contribution < -0.4 is 5.32 Å². The summed E-state index contributed by atoms with van der Waals surface area (Å²) < 4.78 is 4.96. The fraction of sp³-hybridized carbons (Fsp3) is 0.278. The first kappa shape index (κ1) is 18.7. The number of likely N-dealkylation sites (N-methyl/N-ethyl adjacent to an activating group) is 1. The van der Waals surface area contributed by atoms with Crippen LogP contribution in [0.1, 0.15) is 22.3 Å². The van der Waals surface area contributed by atoms with E-state index in [1.54, 1.807) is 23.9 Å². The van der Waals surface area contributed by atoms with Gasteiger partial charge in [-0.25, -0.2) is 0 Å². The molecule has 2 amide bonds. The maximum atomic E-state index is 12.0. The average Bonchev–Trinajstić information content (AvgIpc) is 3.15. The quantitative estimate of drug-likeness (QED) is 0.731. The van der Waals surface area contributed by atoms with Crippen LogP contribution in [0.5, 0.6) is 0 Å². The Morgan fingerprint density at radius 2 is 1.92 bits per heavy atom. The molecular weight excluding hydrogens is 340 g/mol. The lowest BCUT2D eigenvalue weighted by atomic mass is 10.2. The van der Waals surface area contributed by atoms with Crippen molar-refractivity contribution in [1.29, 1.82) is 0 Å². The lowest BCUT2D eigenvalue weighted by Gasteiger charge is -2.17. The van der Waals surface area contributed by atoms with Crippen molar-refractivity contribution >= 4 is 29.1 Å². The Morgan fingerprint density at radius 3 is 2.60 bits per heavy atom. The molecule has 2 aromatic rings. The Kier molecular flexibility index (Phi) is 7.16. The molecule has 6 nitrogen and oxygen atoms in total. The van der Waals surface area contributed by atoms with E-state index in [4.69, 9.17) is 4.74 Å². The molecule has 0 saturated heterocycles. The fourth-order valence-corrected chi connectivity index (χ4v) is 2.68. The van der Waals surface area contributed by atoms with Crippen molar-refractivity contribution in [2.24, 2.45) is 0 Å². The molecule has 1 heterocycles. The van der Waals surface area contributed by atoms with Crippen LogP contribution in [0.3, 0.4) is 0 Å². The number of carbonyl (C=O) groups is 3. The predicted octanol–water partition coefficient (Wildman–Crippen LogP) is 2.07. The lowest BCUT2D eigenvalue weighted by Crippen LogP contribution is -2.31. The number of benzene rings is 1. The van der Waals surface area contributed by atoms with Crippen LogP contribution in [0.25, 0.3) is 0 Å². The summed E-state index contributed by atoms with van der Waals surface area (Å²) >= 11 is 1.43. The molecule has 1 aromatic carbocycles. The number of carbonyl (C=O) groups excluding carboxylic acids is 3. The topological polar surface area (TPSA) is 75.7 Å². The smallest absolute Gasteiger partial charge is 0.308 e. The number of esters is 1. The number of ether oxygens (including phenoxy) is 1. The van der Waals surface area contributed by atoms with Gasteiger partial charge in [0.05, 0.1) is 6.42 Å². The van der Waals surface area contributed by atoms with Crippen LogP contribution in [-0.4, -0.2) is 42.9 Å². The Labute approximate surface area is 150 Å². The first-order valence-electron chi connectivity index (χ1n) is 7.80. The number of hydrogen-bond acceptors (Lipinski definition) is 5. The van der Waals surface area contributed by atoms with Gasteiger partial charge in [-0.05, 0) is 17.0 Å². The molecule has 0 bridgehead atoms. The Bertz CT molecular complexity index is 701. The second-order valence-corrected chi connectivity index (χ2v) is 6.19. The second kappa shape index (κ2) is 9.58. The molecule has 7 heteroatoms. The van der Waals surface area contributed by atoms with Gasteiger partial charge in [0.1, 0.15) is 0 Å². The summed E-state index contributed by atoms with van der Waals surface area (Å²) in [5.41, 5.74) is 1.57. The summed E-state index contributed by atoms with van der Waals surface area (Å²) in [6.45, 7) is 0.316. The molecule has 0 radical (unpaired) electrons. The molecule has 0 saturated carbocycles. The molecule has 132 valence electrons. The standard InChI is InChI=1S/C18H20N2O4S/c1-20(11-14-5-3-2-4-6-14)16(21)12-24-17(22)7-9-19-18(23)15-8-10-25-13-15/h2-6,8,10,13H,7,9,11-12H2,1H3,(H,19,23). The molecule has 0 aliphatic heterocycles. The van der Waals surface area contributed by atoms with Gasteiger partial charge < -0.3 is 15.0 Å². The van der Waals surface area contributed by atoms with Crippen molar-refractivity contribution in [3.8, 4) is 0 Å². The van der Waals surface area contributed by atoms with E-state index in [9.17, 15) is 14.4 Å². The molecule has 0 fully saturated rings. The van der Waals surface area contributed by atoms with E-state index in [1.807, 2.05) is 30.3 Å². The Morgan fingerprint density at radius 1 is 1.16 bits per heavy atom.